The minimum atomic E-state index is -0.610. The van der Waals surface area contributed by atoms with Gasteiger partial charge in [0.1, 0.15) is 5.69 Å². The fraction of sp³-hybridized carbons (Fsp3) is 0.0833. The quantitative estimate of drug-likeness (QED) is 0.361. The molecule has 0 N–H and O–H groups in total. The summed E-state index contributed by atoms with van der Waals surface area (Å²) in [5.41, 5.74) is 6.29. The molecular weight excluding hydrogens is 453 g/mol. The first-order valence-electron chi connectivity index (χ1n) is 10.4. The number of rotatable bonds is 4. The summed E-state index contributed by atoms with van der Waals surface area (Å²) in [6, 6.07) is 14.3. The fourth-order valence-corrected chi connectivity index (χ4v) is 4.50. The summed E-state index contributed by atoms with van der Waals surface area (Å²) in [6.45, 7) is 2.06. The van der Waals surface area contributed by atoms with E-state index >= 15 is 0 Å². The Morgan fingerprint density at radius 2 is 1.85 bits per heavy atom. The average Bonchev–Trinajstić information content (AvgIpc) is 3.49. The Balaban J connectivity index is 1.48. The molecule has 3 aromatic heterocycles. The lowest BCUT2D eigenvalue weighted by Crippen LogP contribution is -2.18. The van der Waals surface area contributed by atoms with Crippen LogP contribution in [0, 0.1) is 12.9 Å². The van der Waals surface area contributed by atoms with E-state index in [4.69, 9.17) is 0 Å². The number of thiazole rings is 1. The maximum atomic E-state index is 13.5. The summed E-state index contributed by atoms with van der Waals surface area (Å²) in [4.78, 5) is 25.9. The number of benzene rings is 1. The maximum Gasteiger partial charge on any atom is 0.301 e. The van der Waals surface area contributed by atoms with Crippen LogP contribution in [0.25, 0.3) is 39.4 Å². The molecule has 5 heterocycles. The van der Waals surface area contributed by atoms with Crippen molar-refractivity contribution in [3.63, 3.8) is 0 Å². The van der Waals surface area contributed by atoms with E-state index in [0.717, 1.165) is 27.9 Å². The normalized spacial score (nSPS) is 11.5. The molecule has 1 aromatic carbocycles. The van der Waals surface area contributed by atoms with Crippen LogP contribution in [0.1, 0.15) is 11.3 Å². The average molecular weight is 470 g/mol. The van der Waals surface area contributed by atoms with Gasteiger partial charge in [-0.15, -0.1) is 11.3 Å². The van der Waals surface area contributed by atoms with Gasteiger partial charge < -0.3 is 0 Å². The second-order valence-electron chi connectivity index (χ2n) is 7.75. The molecule has 6 rings (SSSR count). The Morgan fingerprint density at radius 1 is 0.971 bits per heavy atom. The summed E-state index contributed by atoms with van der Waals surface area (Å²) in [6.07, 6.45) is 1.79. The van der Waals surface area contributed by atoms with Crippen molar-refractivity contribution in [1.29, 1.82) is 0 Å². The van der Waals surface area contributed by atoms with Crippen LogP contribution in [0.2, 0.25) is 0 Å². The van der Waals surface area contributed by atoms with Crippen molar-refractivity contribution in [3.05, 3.63) is 93.2 Å². The first-order chi connectivity index (χ1) is 16.6. The molecule has 166 valence electrons. The van der Waals surface area contributed by atoms with E-state index < -0.39 is 5.95 Å². The molecule has 2 aliphatic heterocycles. The van der Waals surface area contributed by atoms with Crippen LogP contribution in [0.5, 0.6) is 0 Å². The molecule has 4 aromatic rings. The second kappa shape index (κ2) is 7.92. The number of aryl methyl sites for hydroxylation is 1. The van der Waals surface area contributed by atoms with Gasteiger partial charge in [-0.2, -0.15) is 19.3 Å². The lowest BCUT2D eigenvalue weighted by atomic mass is 10.1. The van der Waals surface area contributed by atoms with Crippen molar-refractivity contribution in [2.24, 2.45) is 0 Å². The molecule has 0 atom stereocenters. The molecule has 0 amide bonds. The summed E-state index contributed by atoms with van der Waals surface area (Å²) in [5.74, 6) is -0.610. The van der Waals surface area contributed by atoms with Gasteiger partial charge in [-0.3, -0.25) is 14.5 Å². The van der Waals surface area contributed by atoms with Crippen molar-refractivity contribution in [3.8, 4) is 28.5 Å². The van der Waals surface area contributed by atoms with Gasteiger partial charge in [0, 0.05) is 17.0 Å². The minimum absolute atomic E-state index is 0.231. The van der Waals surface area contributed by atoms with Gasteiger partial charge in [0.25, 0.3) is 0 Å². The van der Waals surface area contributed by atoms with Crippen molar-refractivity contribution < 1.29 is 4.39 Å². The van der Waals surface area contributed by atoms with E-state index in [1.165, 1.54) is 28.2 Å². The largest absolute Gasteiger partial charge is 0.301 e. The Bertz CT molecular complexity index is 1670. The molecule has 10 heteroatoms. The van der Waals surface area contributed by atoms with Crippen molar-refractivity contribution in [2.75, 3.05) is 0 Å². The molecule has 0 aliphatic carbocycles. The zero-order valence-electron chi connectivity index (χ0n) is 17.9. The molecule has 8 nitrogen and oxygen atoms in total. The van der Waals surface area contributed by atoms with Crippen LogP contribution in [0.3, 0.4) is 0 Å². The van der Waals surface area contributed by atoms with Crippen LogP contribution in [0.4, 0.5) is 4.39 Å². The lowest BCUT2D eigenvalue weighted by molar-refractivity contribution is 0.578. The van der Waals surface area contributed by atoms with Crippen LogP contribution in [-0.4, -0.2) is 34.5 Å². The predicted octanol–water partition coefficient (Wildman–Crippen LogP) is 4.10. The number of hydrogen-bond donors (Lipinski definition) is 0. The van der Waals surface area contributed by atoms with Crippen molar-refractivity contribution in [1.82, 2.24) is 34.5 Å². The van der Waals surface area contributed by atoms with Crippen molar-refractivity contribution >= 4 is 22.2 Å². The highest BCUT2D eigenvalue weighted by Crippen LogP contribution is 2.27. The van der Waals surface area contributed by atoms with Gasteiger partial charge in [0.2, 0.25) is 5.95 Å². The highest BCUT2D eigenvalue weighted by molar-refractivity contribution is 7.07. The van der Waals surface area contributed by atoms with Crippen molar-refractivity contribution in [2.45, 2.75) is 13.5 Å². The zero-order chi connectivity index (χ0) is 23.2. The number of para-hydroxylation sites is 1. The highest BCUT2D eigenvalue weighted by Gasteiger charge is 2.23. The smallest absolute Gasteiger partial charge is 0.265 e. The number of pyridine rings is 2. The van der Waals surface area contributed by atoms with E-state index in [2.05, 4.69) is 25.1 Å². The topological polar surface area (TPSA) is 91.4 Å². The van der Waals surface area contributed by atoms with E-state index in [1.54, 1.807) is 23.3 Å². The van der Waals surface area contributed by atoms with Gasteiger partial charge in [0.05, 0.1) is 40.3 Å². The molecule has 2 aliphatic rings. The highest BCUT2D eigenvalue weighted by atomic mass is 32.1. The fourth-order valence-electron chi connectivity index (χ4n) is 3.95. The molecule has 34 heavy (non-hydrogen) atoms. The third-order valence-electron chi connectivity index (χ3n) is 5.58. The Morgan fingerprint density at radius 3 is 2.62 bits per heavy atom. The lowest BCUT2D eigenvalue weighted by Gasteiger charge is -2.12. The number of aromatic nitrogens is 7. The van der Waals surface area contributed by atoms with Crippen LogP contribution in [-0.2, 0) is 6.54 Å². The van der Waals surface area contributed by atoms with Crippen LogP contribution < -0.4 is 5.56 Å². The van der Waals surface area contributed by atoms with Gasteiger partial charge >= 0.3 is 5.56 Å². The number of halogens is 1. The number of hydrogen-bond acceptors (Lipinski definition) is 7. The van der Waals surface area contributed by atoms with E-state index in [0.29, 0.717) is 23.6 Å². The Kier molecular flexibility index (Phi) is 4.73. The van der Waals surface area contributed by atoms with Gasteiger partial charge in [-0.25, -0.2) is 9.97 Å². The second-order valence-corrected chi connectivity index (χ2v) is 8.47. The van der Waals surface area contributed by atoms with Gasteiger partial charge in [0.15, 0.2) is 5.69 Å². The molecule has 0 spiro atoms. The monoisotopic (exact) mass is 469 g/mol. The molecule has 0 bridgehead atoms. The number of nitrogens with zero attached hydrogens (tertiary/aromatic N) is 7. The van der Waals surface area contributed by atoms with E-state index in [-0.39, 0.29) is 11.3 Å². The molecule has 0 unspecified atom stereocenters. The third-order valence-corrected chi connectivity index (χ3v) is 6.17. The van der Waals surface area contributed by atoms with E-state index in [1.807, 2.05) is 41.8 Å². The van der Waals surface area contributed by atoms with Crippen LogP contribution in [0.15, 0.2) is 70.4 Å². The molecule has 0 saturated carbocycles. The summed E-state index contributed by atoms with van der Waals surface area (Å²) in [7, 11) is 0. The third kappa shape index (κ3) is 3.35. The number of fused-ring (bicyclic) bond motifs is 3. The first kappa shape index (κ1) is 20.3. The van der Waals surface area contributed by atoms with Gasteiger partial charge in [-0.1, -0.05) is 24.3 Å². The summed E-state index contributed by atoms with van der Waals surface area (Å²) in [5, 5.41) is 11.9. The van der Waals surface area contributed by atoms with Crippen LogP contribution >= 0.6 is 11.3 Å². The SMILES string of the molecule is Cc1nc(F)ccc1-n1nc2c3ccccc3n(Cc3ccc(-c4cscn4)nc3)nc-2c1=O. The zero-order valence-corrected chi connectivity index (χ0v) is 18.7. The Hall–Kier alpha value is -4.31. The maximum absolute atomic E-state index is 13.5. The standard InChI is InChI=1S/C24H16FN7OS/c1-14-19(8-9-21(25)28-14)32-24(33)23-22(30-32)16-4-2-3-5-20(16)31(29-23)11-15-6-7-17(26-10-15)18-12-34-13-27-18/h2-10,12-13H,11H2,1H3. The minimum Gasteiger partial charge on any atom is -0.265 e. The van der Waals surface area contributed by atoms with E-state index in [9.17, 15) is 9.18 Å². The molecular formula is C24H16FN7OS. The summed E-state index contributed by atoms with van der Waals surface area (Å²) >= 11 is 1.52. The molecule has 0 radical (unpaired) electrons. The predicted molar refractivity (Wildman–Crippen MR) is 127 cm³/mol. The first-order valence-corrected chi connectivity index (χ1v) is 11.4. The summed E-state index contributed by atoms with van der Waals surface area (Å²) < 4.78 is 16.5. The van der Waals surface area contributed by atoms with Gasteiger partial charge in [-0.05, 0) is 36.8 Å². The molecule has 0 saturated heterocycles. The Labute approximate surface area is 196 Å². The molecule has 0 fully saturated rings.